The van der Waals surface area contributed by atoms with Crippen molar-refractivity contribution in [3.63, 3.8) is 0 Å². The summed E-state index contributed by atoms with van der Waals surface area (Å²) < 4.78 is 0. The molecule has 0 aromatic carbocycles. The molecule has 0 spiro atoms. The van der Waals surface area contributed by atoms with Crippen LogP contribution >= 0.6 is 12.2 Å². The summed E-state index contributed by atoms with van der Waals surface area (Å²) in [4.78, 5) is 14.4. The fourth-order valence-corrected chi connectivity index (χ4v) is 3.61. The Hall–Kier alpha value is -2.73. The minimum Gasteiger partial charge on any atom is -0.361 e. The zero-order valence-corrected chi connectivity index (χ0v) is 14.7. The van der Waals surface area contributed by atoms with Gasteiger partial charge in [0.1, 0.15) is 0 Å². The van der Waals surface area contributed by atoms with Crippen molar-refractivity contribution in [2.45, 2.75) is 25.6 Å². The van der Waals surface area contributed by atoms with E-state index in [1.54, 1.807) is 6.20 Å². The quantitative estimate of drug-likeness (QED) is 0.708. The molecule has 0 saturated carbocycles. The van der Waals surface area contributed by atoms with E-state index in [0.717, 1.165) is 27.8 Å². The van der Waals surface area contributed by atoms with Gasteiger partial charge in [0, 0.05) is 36.5 Å². The molecule has 3 aromatic heterocycles. The number of pyridine rings is 2. The maximum atomic E-state index is 5.65. The third kappa shape index (κ3) is 3.13. The SMILES string of the molecule is Cc1ccc(C2C(c3ccccn3)NC(=S)N2Cc2cccnc2)[nH]1. The van der Waals surface area contributed by atoms with Gasteiger partial charge in [0.2, 0.25) is 0 Å². The first-order chi connectivity index (χ1) is 12.2. The van der Waals surface area contributed by atoms with Crippen LogP contribution < -0.4 is 5.32 Å². The van der Waals surface area contributed by atoms with Crippen LogP contribution in [-0.4, -0.2) is 25.0 Å². The third-order valence-electron chi connectivity index (χ3n) is 4.45. The van der Waals surface area contributed by atoms with Crippen LogP contribution in [0, 0.1) is 6.92 Å². The maximum Gasteiger partial charge on any atom is 0.170 e. The monoisotopic (exact) mass is 349 g/mol. The summed E-state index contributed by atoms with van der Waals surface area (Å²) in [6, 6.07) is 14.3. The van der Waals surface area contributed by atoms with E-state index in [-0.39, 0.29) is 12.1 Å². The molecule has 3 aromatic rings. The molecule has 1 fully saturated rings. The topological polar surface area (TPSA) is 56.8 Å². The summed E-state index contributed by atoms with van der Waals surface area (Å²) in [6.45, 7) is 2.76. The number of nitrogens with one attached hydrogen (secondary N) is 2. The fourth-order valence-electron chi connectivity index (χ4n) is 3.30. The predicted octanol–water partition coefficient (Wildman–Crippen LogP) is 3.29. The van der Waals surface area contributed by atoms with E-state index in [1.807, 2.05) is 36.7 Å². The van der Waals surface area contributed by atoms with E-state index in [1.165, 1.54) is 0 Å². The molecule has 0 radical (unpaired) electrons. The average molecular weight is 349 g/mol. The molecule has 5 nitrogen and oxygen atoms in total. The second kappa shape index (κ2) is 6.64. The molecule has 2 unspecified atom stereocenters. The van der Waals surface area contributed by atoms with Crippen molar-refractivity contribution in [3.05, 3.63) is 83.7 Å². The van der Waals surface area contributed by atoms with Gasteiger partial charge in [-0.3, -0.25) is 9.97 Å². The first-order valence-corrected chi connectivity index (χ1v) is 8.65. The Labute approximate surface area is 152 Å². The van der Waals surface area contributed by atoms with E-state index in [0.29, 0.717) is 6.54 Å². The van der Waals surface area contributed by atoms with E-state index in [9.17, 15) is 0 Å². The van der Waals surface area contributed by atoms with Gasteiger partial charge in [-0.05, 0) is 55.0 Å². The lowest BCUT2D eigenvalue weighted by Gasteiger charge is -2.27. The van der Waals surface area contributed by atoms with Crippen LogP contribution in [-0.2, 0) is 6.54 Å². The molecule has 1 aliphatic rings. The van der Waals surface area contributed by atoms with Crippen molar-refractivity contribution in [2.75, 3.05) is 0 Å². The molecular formula is C19H19N5S. The number of aromatic nitrogens is 3. The molecule has 1 aliphatic heterocycles. The molecule has 2 N–H and O–H groups in total. The summed E-state index contributed by atoms with van der Waals surface area (Å²) in [7, 11) is 0. The Morgan fingerprint density at radius 2 is 2.04 bits per heavy atom. The fraction of sp³-hybridized carbons (Fsp3) is 0.211. The van der Waals surface area contributed by atoms with Gasteiger partial charge in [-0.2, -0.15) is 0 Å². The summed E-state index contributed by atoms with van der Waals surface area (Å²) >= 11 is 5.65. The van der Waals surface area contributed by atoms with Crippen molar-refractivity contribution in [1.82, 2.24) is 25.2 Å². The number of thiocarbonyl (C=S) groups is 1. The van der Waals surface area contributed by atoms with E-state index in [4.69, 9.17) is 12.2 Å². The molecule has 126 valence electrons. The van der Waals surface area contributed by atoms with E-state index < -0.39 is 0 Å². The lowest BCUT2D eigenvalue weighted by molar-refractivity contribution is 0.305. The lowest BCUT2D eigenvalue weighted by Crippen LogP contribution is -2.29. The number of nitrogens with zero attached hydrogens (tertiary/aromatic N) is 3. The van der Waals surface area contributed by atoms with Gasteiger partial charge in [0.25, 0.3) is 0 Å². The first kappa shape index (κ1) is 15.8. The van der Waals surface area contributed by atoms with Crippen molar-refractivity contribution in [2.24, 2.45) is 0 Å². The highest BCUT2D eigenvalue weighted by molar-refractivity contribution is 7.80. The Morgan fingerprint density at radius 1 is 1.12 bits per heavy atom. The van der Waals surface area contributed by atoms with Gasteiger partial charge in [0.05, 0.1) is 17.8 Å². The molecule has 1 saturated heterocycles. The molecule has 0 aliphatic carbocycles. The van der Waals surface area contributed by atoms with Crippen LogP contribution in [0.2, 0.25) is 0 Å². The van der Waals surface area contributed by atoms with Crippen molar-refractivity contribution in [1.29, 1.82) is 0 Å². The Morgan fingerprint density at radius 3 is 2.72 bits per heavy atom. The van der Waals surface area contributed by atoms with Crippen molar-refractivity contribution < 1.29 is 0 Å². The molecule has 4 heterocycles. The average Bonchev–Trinajstić information content (AvgIpc) is 3.20. The number of aryl methyl sites for hydroxylation is 1. The highest BCUT2D eigenvalue weighted by Crippen LogP contribution is 2.38. The van der Waals surface area contributed by atoms with Gasteiger partial charge >= 0.3 is 0 Å². The van der Waals surface area contributed by atoms with Crippen LogP contribution in [0.3, 0.4) is 0 Å². The van der Waals surface area contributed by atoms with Crippen LogP contribution in [0.4, 0.5) is 0 Å². The largest absolute Gasteiger partial charge is 0.361 e. The number of rotatable bonds is 4. The van der Waals surface area contributed by atoms with Gasteiger partial charge in [-0.1, -0.05) is 12.1 Å². The molecule has 25 heavy (non-hydrogen) atoms. The number of H-pyrrole nitrogens is 1. The number of hydrogen-bond acceptors (Lipinski definition) is 3. The van der Waals surface area contributed by atoms with Crippen molar-refractivity contribution >= 4 is 17.3 Å². The van der Waals surface area contributed by atoms with Gasteiger partial charge in [-0.25, -0.2) is 0 Å². The third-order valence-corrected chi connectivity index (χ3v) is 4.80. The Kier molecular flexibility index (Phi) is 4.19. The molecular weight excluding hydrogens is 330 g/mol. The lowest BCUT2D eigenvalue weighted by atomic mass is 10.0. The van der Waals surface area contributed by atoms with Crippen LogP contribution in [0.25, 0.3) is 0 Å². The van der Waals surface area contributed by atoms with E-state index >= 15 is 0 Å². The second-order valence-electron chi connectivity index (χ2n) is 6.21. The summed E-state index contributed by atoms with van der Waals surface area (Å²) in [5, 5.41) is 4.19. The molecule has 4 rings (SSSR count). The van der Waals surface area contributed by atoms with Crippen LogP contribution in [0.5, 0.6) is 0 Å². The van der Waals surface area contributed by atoms with Crippen LogP contribution in [0.15, 0.2) is 61.1 Å². The minimum absolute atomic E-state index is 0.00317. The molecule has 2 atom stereocenters. The number of aromatic amines is 1. The Balaban J connectivity index is 1.72. The number of hydrogen-bond donors (Lipinski definition) is 2. The van der Waals surface area contributed by atoms with E-state index in [2.05, 4.69) is 50.3 Å². The Bertz CT molecular complexity index is 862. The van der Waals surface area contributed by atoms with Crippen molar-refractivity contribution in [3.8, 4) is 0 Å². The highest BCUT2D eigenvalue weighted by atomic mass is 32.1. The second-order valence-corrected chi connectivity index (χ2v) is 6.60. The standard InChI is InChI=1S/C19H19N5S/c1-13-7-8-16(22-13)18-17(15-6-2-3-10-21-15)23-19(25)24(18)12-14-5-4-9-20-11-14/h2-11,17-18,22H,12H2,1H3,(H,23,25). The summed E-state index contributed by atoms with van der Waals surface area (Å²) in [6.07, 6.45) is 5.49. The summed E-state index contributed by atoms with van der Waals surface area (Å²) in [5.41, 5.74) is 4.37. The first-order valence-electron chi connectivity index (χ1n) is 8.25. The molecule has 0 amide bonds. The summed E-state index contributed by atoms with van der Waals surface area (Å²) in [5.74, 6) is 0. The maximum absolute atomic E-state index is 5.65. The van der Waals surface area contributed by atoms with Crippen LogP contribution in [0.1, 0.15) is 34.7 Å². The zero-order chi connectivity index (χ0) is 17.2. The molecule has 0 bridgehead atoms. The van der Waals surface area contributed by atoms with Gasteiger partial charge < -0.3 is 15.2 Å². The highest BCUT2D eigenvalue weighted by Gasteiger charge is 2.40. The minimum atomic E-state index is 0.00317. The van der Waals surface area contributed by atoms with Gasteiger partial charge in [-0.15, -0.1) is 0 Å². The predicted molar refractivity (Wildman–Crippen MR) is 101 cm³/mol. The normalized spacial score (nSPS) is 19.9. The smallest absolute Gasteiger partial charge is 0.170 e. The zero-order valence-electron chi connectivity index (χ0n) is 13.9. The molecule has 6 heteroatoms. The van der Waals surface area contributed by atoms with Gasteiger partial charge in [0.15, 0.2) is 5.11 Å².